The number of nitrogens with zero attached hydrogens (tertiary/aromatic N) is 1. The van der Waals surface area contributed by atoms with Crippen molar-refractivity contribution in [2.24, 2.45) is 10.7 Å². The van der Waals surface area contributed by atoms with E-state index in [2.05, 4.69) is 23.6 Å². The van der Waals surface area contributed by atoms with Gasteiger partial charge in [-0.05, 0) is 12.8 Å². The third kappa shape index (κ3) is 4.20. The second kappa shape index (κ2) is 5.69. The first-order valence-corrected chi connectivity index (χ1v) is 3.97. The largest absolute Gasteiger partial charge is 0.399 e. The predicted octanol–water partition coefficient (Wildman–Crippen LogP) is 0.650. The summed E-state index contributed by atoms with van der Waals surface area (Å²) in [5.74, 6) is 0.294. The van der Waals surface area contributed by atoms with E-state index in [1.54, 1.807) is 7.05 Å². The fraction of sp³-hybridized carbons (Fsp3) is 0.222. The van der Waals surface area contributed by atoms with Gasteiger partial charge in [0.25, 0.3) is 0 Å². The average Bonchev–Trinajstić information content (AvgIpc) is 2.14. The summed E-state index contributed by atoms with van der Waals surface area (Å²) in [7, 11) is 1.64. The van der Waals surface area contributed by atoms with Crippen LogP contribution in [0.3, 0.4) is 0 Å². The number of hydrogen-bond donors (Lipinski definition) is 4. The molecule has 0 heterocycles. The third-order valence-electron chi connectivity index (χ3n) is 1.49. The molecule has 0 saturated heterocycles. The Hall–Kier alpha value is -1.91. The summed E-state index contributed by atoms with van der Waals surface area (Å²) in [4.78, 5) is 3.47. The number of amidine groups is 2. The third-order valence-corrected chi connectivity index (χ3v) is 1.49. The van der Waals surface area contributed by atoms with Crippen molar-refractivity contribution in [3.63, 3.8) is 0 Å². The lowest BCUT2D eigenvalue weighted by Crippen LogP contribution is -2.19. The zero-order valence-corrected chi connectivity index (χ0v) is 8.22. The molecule has 0 aromatic heterocycles. The first-order chi connectivity index (χ1) is 6.51. The Labute approximate surface area is 83.4 Å². The second-order valence-electron chi connectivity index (χ2n) is 2.66. The Morgan fingerprint density at radius 3 is 2.50 bits per heavy atom. The number of hydrogen-bond acceptors (Lipinski definition) is 3. The van der Waals surface area contributed by atoms with E-state index >= 15 is 0 Å². The van der Waals surface area contributed by atoms with Gasteiger partial charge in [-0.3, -0.25) is 10.8 Å². The molecule has 0 atom stereocenters. The van der Waals surface area contributed by atoms with Crippen molar-refractivity contribution >= 4 is 18.4 Å². The molecule has 0 spiro atoms. The van der Waals surface area contributed by atoms with Crippen molar-refractivity contribution in [1.82, 2.24) is 5.32 Å². The molecule has 0 aromatic carbocycles. The van der Waals surface area contributed by atoms with Crippen LogP contribution in [0.15, 0.2) is 28.9 Å². The summed E-state index contributed by atoms with van der Waals surface area (Å²) in [5, 5.41) is 17.5. The lowest BCUT2D eigenvalue weighted by Gasteiger charge is -2.06. The molecular weight excluding hydrogens is 178 g/mol. The lowest BCUT2D eigenvalue weighted by atomic mass is 10.1. The first-order valence-electron chi connectivity index (χ1n) is 3.97. The molecule has 5 nitrogen and oxygen atoms in total. The van der Waals surface area contributed by atoms with Crippen molar-refractivity contribution in [3.8, 4) is 0 Å². The highest BCUT2D eigenvalue weighted by atomic mass is 14.9. The van der Waals surface area contributed by atoms with Gasteiger partial charge in [0.2, 0.25) is 0 Å². The summed E-state index contributed by atoms with van der Waals surface area (Å²) >= 11 is 0. The highest BCUT2D eigenvalue weighted by Gasteiger charge is 2.05. The van der Waals surface area contributed by atoms with Gasteiger partial charge in [-0.2, -0.15) is 0 Å². The molecule has 0 rings (SSSR count). The Morgan fingerprint density at radius 2 is 2.14 bits per heavy atom. The van der Waals surface area contributed by atoms with E-state index in [1.807, 2.05) is 0 Å². The standard InChI is InChI=1S/C9H15N5/c1-6(10)4-7(9(12)14-3)5-8(11)13-2/h4,12H,1,3,5,10H2,2H3,(H2,11,13)/b7-4+,12-9?. The van der Waals surface area contributed by atoms with Crippen molar-refractivity contribution < 1.29 is 0 Å². The van der Waals surface area contributed by atoms with Crippen molar-refractivity contribution in [3.05, 3.63) is 23.9 Å². The van der Waals surface area contributed by atoms with Crippen LogP contribution in [-0.4, -0.2) is 25.4 Å². The van der Waals surface area contributed by atoms with E-state index < -0.39 is 0 Å². The summed E-state index contributed by atoms with van der Waals surface area (Å²) in [5.41, 5.74) is 6.23. The highest BCUT2D eigenvalue weighted by molar-refractivity contribution is 6.03. The van der Waals surface area contributed by atoms with E-state index in [9.17, 15) is 0 Å². The molecule has 76 valence electrons. The zero-order valence-electron chi connectivity index (χ0n) is 8.22. The normalized spacial score (nSPS) is 10.5. The molecule has 0 aliphatic rings. The van der Waals surface area contributed by atoms with Crippen LogP contribution in [0, 0.1) is 10.8 Å². The fourth-order valence-electron chi connectivity index (χ4n) is 0.807. The van der Waals surface area contributed by atoms with Gasteiger partial charge < -0.3 is 11.1 Å². The van der Waals surface area contributed by atoms with Gasteiger partial charge in [0.05, 0.1) is 5.84 Å². The van der Waals surface area contributed by atoms with Gasteiger partial charge in [-0.25, -0.2) is 4.99 Å². The Morgan fingerprint density at radius 1 is 1.57 bits per heavy atom. The maximum absolute atomic E-state index is 7.44. The van der Waals surface area contributed by atoms with Gasteiger partial charge >= 0.3 is 0 Å². The molecule has 5 N–H and O–H groups in total. The van der Waals surface area contributed by atoms with Gasteiger partial charge in [-0.1, -0.05) is 6.58 Å². The first kappa shape index (κ1) is 12.1. The van der Waals surface area contributed by atoms with Gasteiger partial charge in [-0.15, -0.1) is 0 Å². The maximum atomic E-state index is 7.44. The fourth-order valence-corrected chi connectivity index (χ4v) is 0.807. The number of allylic oxidation sites excluding steroid dienone is 1. The van der Waals surface area contributed by atoms with Crippen molar-refractivity contribution in [2.75, 3.05) is 7.05 Å². The van der Waals surface area contributed by atoms with Crippen molar-refractivity contribution in [1.29, 1.82) is 10.8 Å². The molecule has 0 aromatic rings. The van der Waals surface area contributed by atoms with Gasteiger partial charge in [0, 0.05) is 24.7 Å². The lowest BCUT2D eigenvalue weighted by molar-refractivity contribution is 1.08. The van der Waals surface area contributed by atoms with Crippen LogP contribution >= 0.6 is 0 Å². The van der Waals surface area contributed by atoms with E-state index in [4.69, 9.17) is 16.6 Å². The molecule has 0 radical (unpaired) electrons. The molecule has 0 unspecified atom stereocenters. The predicted molar refractivity (Wildman–Crippen MR) is 60.1 cm³/mol. The van der Waals surface area contributed by atoms with Crippen molar-refractivity contribution in [2.45, 2.75) is 6.42 Å². The van der Waals surface area contributed by atoms with Crippen LogP contribution in [0.2, 0.25) is 0 Å². The summed E-state index contributed by atoms with van der Waals surface area (Å²) < 4.78 is 0. The SMILES string of the molecule is C=NC(=N)/C(=C/C(=C)N)CC(=N)NC. The molecule has 0 bridgehead atoms. The molecule has 5 heteroatoms. The second-order valence-corrected chi connectivity index (χ2v) is 2.66. The Bertz CT molecular complexity index is 300. The van der Waals surface area contributed by atoms with Crippen LogP contribution in [-0.2, 0) is 0 Å². The summed E-state index contributed by atoms with van der Waals surface area (Å²) in [6, 6.07) is 0. The Balaban J connectivity index is 4.74. The van der Waals surface area contributed by atoms with Crippen LogP contribution in [0.5, 0.6) is 0 Å². The average molecular weight is 193 g/mol. The minimum absolute atomic E-state index is 0.0107. The van der Waals surface area contributed by atoms with E-state index in [0.29, 0.717) is 11.3 Å². The minimum atomic E-state index is 0.0107. The molecule has 0 fully saturated rings. The molecule has 0 amide bonds. The van der Waals surface area contributed by atoms with E-state index in [0.717, 1.165) is 0 Å². The van der Waals surface area contributed by atoms with Crippen LogP contribution in [0.1, 0.15) is 6.42 Å². The zero-order chi connectivity index (χ0) is 11.1. The van der Waals surface area contributed by atoms with Crippen LogP contribution < -0.4 is 11.1 Å². The minimum Gasteiger partial charge on any atom is -0.399 e. The molecular formula is C9H15N5. The monoisotopic (exact) mass is 193 g/mol. The highest BCUT2D eigenvalue weighted by Crippen LogP contribution is 2.06. The molecule has 0 aliphatic carbocycles. The summed E-state index contributed by atoms with van der Waals surface area (Å²) in [6.45, 7) is 6.74. The van der Waals surface area contributed by atoms with Crippen LogP contribution in [0.25, 0.3) is 0 Å². The number of nitrogens with one attached hydrogen (secondary N) is 3. The molecule has 14 heavy (non-hydrogen) atoms. The number of aliphatic imine (C=N–C) groups is 1. The van der Waals surface area contributed by atoms with E-state index in [-0.39, 0.29) is 18.1 Å². The van der Waals surface area contributed by atoms with Gasteiger partial charge in [0.1, 0.15) is 5.84 Å². The molecule has 0 saturated carbocycles. The Kier molecular flexibility index (Phi) is 4.91. The number of nitrogens with two attached hydrogens (primary N) is 1. The topological polar surface area (TPSA) is 98.1 Å². The van der Waals surface area contributed by atoms with Crippen LogP contribution in [0.4, 0.5) is 0 Å². The smallest absolute Gasteiger partial charge is 0.147 e. The number of rotatable bonds is 4. The maximum Gasteiger partial charge on any atom is 0.147 e. The quantitative estimate of drug-likeness (QED) is 0.299. The van der Waals surface area contributed by atoms with Gasteiger partial charge in [0.15, 0.2) is 0 Å². The summed E-state index contributed by atoms with van der Waals surface area (Å²) in [6.07, 6.45) is 1.79. The van der Waals surface area contributed by atoms with E-state index in [1.165, 1.54) is 6.08 Å². The molecule has 0 aliphatic heterocycles.